The number of carbonyl (C=O) groups is 4. The second-order valence-electron chi connectivity index (χ2n) is 12.4. The standard InChI is InChI=1S/C26H45BN4O7/c1-14(2)20(27-37-25(9)11-10-18-12-26(25,38-27)24(18,7)8)31-19(32)13-28-21(33)16(5)29-22(34)17(6)30-23(35)36-15(3)4/h14-18,20H,10-13H2,1-9H3,(H,28,33)(H,29,34)(H,30,35)(H,31,32). The van der Waals surface area contributed by atoms with Crippen molar-refractivity contribution >= 4 is 30.9 Å². The summed E-state index contributed by atoms with van der Waals surface area (Å²) >= 11 is 0. The predicted octanol–water partition coefficient (Wildman–Crippen LogP) is 1.68. The molecule has 1 saturated heterocycles. The van der Waals surface area contributed by atoms with Crippen LogP contribution in [0.15, 0.2) is 0 Å². The van der Waals surface area contributed by atoms with Crippen molar-refractivity contribution in [3.05, 3.63) is 0 Å². The van der Waals surface area contributed by atoms with Crippen molar-refractivity contribution in [2.45, 2.75) is 117 Å². The molecule has 1 aliphatic heterocycles. The minimum absolute atomic E-state index is 0.0105. The molecular weight excluding hydrogens is 491 g/mol. The minimum atomic E-state index is -0.918. The van der Waals surface area contributed by atoms with Crippen LogP contribution in [0.3, 0.4) is 0 Å². The zero-order valence-electron chi connectivity index (χ0n) is 24.2. The lowest BCUT2D eigenvalue weighted by atomic mass is 9.41. The maximum absolute atomic E-state index is 12.8. The van der Waals surface area contributed by atoms with Gasteiger partial charge in [0, 0.05) is 0 Å². The largest absolute Gasteiger partial charge is 0.482 e. The summed E-state index contributed by atoms with van der Waals surface area (Å²) in [6.07, 6.45) is 1.96. The number of ether oxygens (including phenoxy) is 1. The molecular formula is C26H45BN4O7. The fourth-order valence-corrected chi connectivity index (χ4v) is 6.18. The Labute approximate surface area is 226 Å². The van der Waals surface area contributed by atoms with Crippen LogP contribution in [-0.2, 0) is 28.4 Å². The fourth-order valence-electron chi connectivity index (χ4n) is 6.18. The van der Waals surface area contributed by atoms with Gasteiger partial charge >= 0.3 is 13.2 Å². The SMILES string of the molecule is CC(C)OC(=O)NC(C)C(=O)NC(C)C(=O)NCC(=O)NC(B1OC2(C)CCC3CC2(O1)C3(C)C)C(C)C. The summed E-state index contributed by atoms with van der Waals surface area (Å²) in [5.41, 5.74) is -0.741. The van der Waals surface area contributed by atoms with Gasteiger partial charge in [-0.05, 0) is 71.1 Å². The first-order valence-electron chi connectivity index (χ1n) is 13.7. The number of fused-ring (bicyclic) bond motifs is 1. The maximum atomic E-state index is 12.8. The highest BCUT2D eigenvalue weighted by Crippen LogP contribution is 2.70. The van der Waals surface area contributed by atoms with Crippen LogP contribution in [0.2, 0.25) is 0 Å². The van der Waals surface area contributed by atoms with E-state index in [2.05, 4.69) is 42.0 Å². The number of alkyl carbamates (subject to hydrolysis) is 1. The Morgan fingerprint density at radius 2 is 1.55 bits per heavy atom. The average Bonchev–Trinajstić information content (AvgIpc) is 3.15. The highest BCUT2D eigenvalue weighted by molar-refractivity contribution is 6.48. The van der Waals surface area contributed by atoms with E-state index in [4.69, 9.17) is 14.0 Å². The summed E-state index contributed by atoms with van der Waals surface area (Å²) in [4.78, 5) is 49.3. The van der Waals surface area contributed by atoms with Crippen LogP contribution in [0.25, 0.3) is 0 Å². The van der Waals surface area contributed by atoms with E-state index in [1.54, 1.807) is 13.8 Å². The summed E-state index contributed by atoms with van der Waals surface area (Å²) in [6, 6.07) is -1.82. The molecule has 6 unspecified atom stereocenters. The zero-order chi connectivity index (χ0) is 28.6. The van der Waals surface area contributed by atoms with Gasteiger partial charge in [-0.2, -0.15) is 0 Å². The number of amides is 4. The summed E-state index contributed by atoms with van der Waals surface area (Å²) < 4.78 is 18.1. The first-order valence-corrected chi connectivity index (χ1v) is 13.7. The zero-order valence-corrected chi connectivity index (χ0v) is 24.2. The number of nitrogens with one attached hydrogen (secondary N) is 4. The van der Waals surface area contributed by atoms with Crippen LogP contribution in [0, 0.1) is 17.3 Å². The molecule has 11 nitrogen and oxygen atoms in total. The number of carbonyl (C=O) groups excluding carboxylic acids is 4. The van der Waals surface area contributed by atoms with Crippen LogP contribution >= 0.6 is 0 Å². The van der Waals surface area contributed by atoms with Crippen molar-refractivity contribution < 1.29 is 33.2 Å². The Bertz CT molecular complexity index is 945. The molecule has 0 aromatic rings. The molecule has 1 spiro atoms. The quantitative estimate of drug-likeness (QED) is 0.311. The molecule has 0 aromatic carbocycles. The van der Waals surface area contributed by atoms with Gasteiger partial charge in [0.05, 0.1) is 29.8 Å². The number of hydrogen-bond acceptors (Lipinski definition) is 7. The molecule has 2 bridgehead atoms. The molecule has 4 aliphatic rings. The van der Waals surface area contributed by atoms with E-state index < -0.39 is 42.7 Å². The van der Waals surface area contributed by atoms with E-state index in [1.807, 2.05) is 13.8 Å². The number of rotatable bonds is 10. The van der Waals surface area contributed by atoms with Crippen LogP contribution < -0.4 is 21.3 Å². The van der Waals surface area contributed by atoms with Crippen molar-refractivity contribution in [3.63, 3.8) is 0 Å². The van der Waals surface area contributed by atoms with Crippen LogP contribution in [0.1, 0.15) is 81.6 Å². The van der Waals surface area contributed by atoms with Crippen LogP contribution in [0.4, 0.5) is 4.79 Å². The highest BCUT2D eigenvalue weighted by atomic mass is 16.7. The second kappa shape index (κ2) is 11.0. The highest BCUT2D eigenvalue weighted by Gasteiger charge is 2.76. The molecule has 38 heavy (non-hydrogen) atoms. The maximum Gasteiger partial charge on any atom is 0.482 e. The summed E-state index contributed by atoms with van der Waals surface area (Å²) in [6.45, 7) is 16.7. The van der Waals surface area contributed by atoms with Crippen molar-refractivity contribution in [1.82, 2.24) is 21.3 Å². The van der Waals surface area contributed by atoms with Gasteiger partial charge in [0.15, 0.2) is 0 Å². The molecule has 4 fully saturated rings. The second-order valence-corrected chi connectivity index (χ2v) is 12.4. The van der Waals surface area contributed by atoms with E-state index in [0.717, 1.165) is 19.3 Å². The molecule has 6 atom stereocenters. The van der Waals surface area contributed by atoms with E-state index in [1.165, 1.54) is 13.8 Å². The van der Waals surface area contributed by atoms with E-state index in [0.29, 0.717) is 5.92 Å². The Morgan fingerprint density at radius 1 is 0.921 bits per heavy atom. The first kappa shape index (κ1) is 30.2. The van der Waals surface area contributed by atoms with Gasteiger partial charge in [-0.15, -0.1) is 0 Å². The van der Waals surface area contributed by atoms with Gasteiger partial charge in [-0.25, -0.2) is 4.79 Å². The summed E-state index contributed by atoms with van der Waals surface area (Å²) in [7, 11) is -0.576. The average molecular weight is 536 g/mol. The molecule has 4 rings (SSSR count). The van der Waals surface area contributed by atoms with Crippen LogP contribution in [0.5, 0.6) is 0 Å². The third-order valence-electron chi connectivity index (χ3n) is 8.70. The smallest absolute Gasteiger partial charge is 0.447 e. The fraction of sp³-hybridized carbons (Fsp3) is 0.846. The minimum Gasteiger partial charge on any atom is -0.447 e. The Balaban J connectivity index is 1.49. The van der Waals surface area contributed by atoms with E-state index in [9.17, 15) is 19.2 Å². The van der Waals surface area contributed by atoms with Crippen molar-refractivity contribution in [1.29, 1.82) is 0 Å². The molecule has 12 heteroatoms. The topological polar surface area (TPSA) is 144 Å². The molecule has 3 aliphatic carbocycles. The van der Waals surface area contributed by atoms with Gasteiger partial charge in [-0.1, -0.05) is 27.7 Å². The van der Waals surface area contributed by atoms with Crippen molar-refractivity contribution in [3.8, 4) is 0 Å². The molecule has 4 N–H and O–H groups in total. The summed E-state index contributed by atoms with van der Waals surface area (Å²) in [5.74, 6) is -1.19. The molecule has 214 valence electrons. The Hall–Kier alpha value is -2.34. The van der Waals surface area contributed by atoms with Gasteiger partial charge in [0.25, 0.3) is 0 Å². The number of hydrogen-bond donors (Lipinski definition) is 4. The lowest BCUT2D eigenvalue weighted by Crippen LogP contribution is -2.73. The first-order chi connectivity index (χ1) is 17.5. The Kier molecular flexibility index (Phi) is 8.77. The van der Waals surface area contributed by atoms with E-state index >= 15 is 0 Å². The van der Waals surface area contributed by atoms with Gasteiger partial charge < -0.3 is 35.3 Å². The molecule has 3 saturated carbocycles. The normalized spacial score (nSPS) is 29.4. The van der Waals surface area contributed by atoms with Gasteiger partial charge in [0.2, 0.25) is 17.7 Å². The monoisotopic (exact) mass is 536 g/mol. The summed E-state index contributed by atoms with van der Waals surface area (Å²) in [5, 5.41) is 10.5. The lowest BCUT2D eigenvalue weighted by molar-refractivity contribution is -0.257. The van der Waals surface area contributed by atoms with Crippen molar-refractivity contribution in [2.24, 2.45) is 17.3 Å². The molecule has 0 aromatic heterocycles. The van der Waals surface area contributed by atoms with Crippen molar-refractivity contribution in [2.75, 3.05) is 6.54 Å². The third-order valence-corrected chi connectivity index (χ3v) is 8.70. The van der Waals surface area contributed by atoms with E-state index in [-0.39, 0.29) is 41.4 Å². The molecule has 1 heterocycles. The van der Waals surface area contributed by atoms with Crippen LogP contribution in [-0.4, -0.2) is 72.8 Å². The van der Waals surface area contributed by atoms with Gasteiger partial charge in [0.1, 0.15) is 12.1 Å². The molecule has 4 amide bonds. The molecule has 0 radical (unpaired) electrons. The van der Waals surface area contributed by atoms with Gasteiger partial charge in [-0.3, -0.25) is 14.4 Å². The lowest BCUT2D eigenvalue weighted by Gasteiger charge is -2.69. The Morgan fingerprint density at radius 3 is 2.11 bits per heavy atom. The predicted molar refractivity (Wildman–Crippen MR) is 142 cm³/mol. The third kappa shape index (κ3) is 5.66.